The van der Waals surface area contributed by atoms with E-state index in [1.807, 2.05) is 0 Å². The molecule has 0 amide bonds. The van der Waals surface area contributed by atoms with E-state index in [1.54, 1.807) is 0 Å². The van der Waals surface area contributed by atoms with Gasteiger partial charge in [0, 0.05) is 7.05 Å². The molecular formula is C13H14N2O4S. The van der Waals surface area contributed by atoms with Gasteiger partial charge in [-0.3, -0.25) is 4.31 Å². The standard InChI is InChI=1S/C13H14N2O4S/c1-15(9-2-4-10(16)5-3-9)20(18,19)11-6-7-13(17)12(14)8-11/h2-8,16-17H,14H2,1H3. The van der Waals surface area contributed by atoms with Crippen LogP contribution in [0.2, 0.25) is 0 Å². The largest absolute Gasteiger partial charge is 0.508 e. The second-order valence-electron chi connectivity index (χ2n) is 4.21. The second kappa shape index (κ2) is 4.93. The average Bonchev–Trinajstić information content (AvgIpc) is 2.41. The predicted molar refractivity (Wildman–Crippen MR) is 76.2 cm³/mol. The molecule has 0 heterocycles. The van der Waals surface area contributed by atoms with E-state index in [0.29, 0.717) is 5.69 Å². The number of benzene rings is 2. The van der Waals surface area contributed by atoms with Crippen LogP contribution in [0.25, 0.3) is 0 Å². The van der Waals surface area contributed by atoms with Crippen LogP contribution in [-0.2, 0) is 10.0 Å². The van der Waals surface area contributed by atoms with E-state index in [9.17, 15) is 18.6 Å². The van der Waals surface area contributed by atoms with E-state index in [1.165, 1.54) is 49.5 Å². The van der Waals surface area contributed by atoms with E-state index >= 15 is 0 Å². The third kappa shape index (κ3) is 2.48. The number of nitrogens with two attached hydrogens (primary N) is 1. The molecule has 0 aliphatic carbocycles. The molecule has 106 valence electrons. The van der Waals surface area contributed by atoms with Crippen molar-refractivity contribution in [2.45, 2.75) is 4.90 Å². The van der Waals surface area contributed by atoms with Crippen molar-refractivity contribution in [3.05, 3.63) is 42.5 Å². The SMILES string of the molecule is CN(c1ccc(O)cc1)S(=O)(=O)c1ccc(O)c(N)c1. The van der Waals surface area contributed by atoms with E-state index in [2.05, 4.69) is 0 Å². The molecule has 7 heteroatoms. The Kier molecular flexibility index (Phi) is 3.46. The normalized spacial score (nSPS) is 11.2. The molecule has 4 N–H and O–H groups in total. The van der Waals surface area contributed by atoms with Crippen molar-refractivity contribution in [1.82, 2.24) is 0 Å². The van der Waals surface area contributed by atoms with Crippen LogP contribution in [0.1, 0.15) is 0 Å². The fourth-order valence-electron chi connectivity index (χ4n) is 1.65. The Balaban J connectivity index is 2.43. The van der Waals surface area contributed by atoms with Crippen molar-refractivity contribution in [2.75, 3.05) is 17.1 Å². The third-order valence-electron chi connectivity index (χ3n) is 2.87. The minimum atomic E-state index is -3.78. The number of phenolic OH excluding ortho intramolecular Hbond substituents is 2. The minimum absolute atomic E-state index is 0.00909. The van der Waals surface area contributed by atoms with Gasteiger partial charge < -0.3 is 15.9 Å². The summed E-state index contributed by atoms with van der Waals surface area (Å²) in [5, 5.41) is 18.5. The molecule has 0 aromatic heterocycles. The first-order valence-corrected chi connectivity index (χ1v) is 7.13. The van der Waals surface area contributed by atoms with E-state index in [0.717, 1.165) is 4.31 Å². The maximum atomic E-state index is 12.4. The Labute approximate surface area is 116 Å². The molecule has 2 aromatic carbocycles. The maximum absolute atomic E-state index is 12.4. The predicted octanol–water partition coefficient (Wildman–Crippen LogP) is 1.51. The first-order chi connectivity index (χ1) is 9.32. The molecule has 6 nitrogen and oxygen atoms in total. The van der Waals surface area contributed by atoms with E-state index in [4.69, 9.17) is 5.73 Å². The topological polar surface area (TPSA) is 104 Å². The Morgan fingerprint density at radius 1 is 1.05 bits per heavy atom. The first-order valence-electron chi connectivity index (χ1n) is 5.69. The van der Waals surface area contributed by atoms with Crippen molar-refractivity contribution in [2.24, 2.45) is 0 Å². The van der Waals surface area contributed by atoms with Gasteiger partial charge in [0.05, 0.1) is 16.3 Å². The minimum Gasteiger partial charge on any atom is -0.508 e. The highest BCUT2D eigenvalue weighted by Crippen LogP contribution is 2.27. The fraction of sp³-hybridized carbons (Fsp3) is 0.0769. The lowest BCUT2D eigenvalue weighted by atomic mass is 10.3. The molecule has 0 saturated heterocycles. The van der Waals surface area contributed by atoms with Crippen molar-refractivity contribution in [3.8, 4) is 11.5 Å². The van der Waals surface area contributed by atoms with Crippen LogP contribution in [-0.4, -0.2) is 25.7 Å². The summed E-state index contributed by atoms with van der Waals surface area (Å²) in [7, 11) is -2.39. The van der Waals surface area contributed by atoms with Gasteiger partial charge in [0.25, 0.3) is 10.0 Å². The molecule has 2 aromatic rings. The van der Waals surface area contributed by atoms with Gasteiger partial charge in [-0.05, 0) is 42.5 Å². The lowest BCUT2D eigenvalue weighted by Crippen LogP contribution is -2.26. The highest BCUT2D eigenvalue weighted by Gasteiger charge is 2.22. The monoisotopic (exact) mass is 294 g/mol. The van der Waals surface area contributed by atoms with Crippen LogP contribution in [0.4, 0.5) is 11.4 Å². The Morgan fingerprint density at radius 2 is 1.65 bits per heavy atom. The lowest BCUT2D eigenvalue weighted by Gasteiger charge is -2.19. The summed E-state index contributed by atoms with van der Waals surface area (Å²) >= 11 is 0. The van der Waals surface area contributed by atoms with Gasteiger partial charge in [-0.2, -0.15) is 0 Å². The number of aromatic hydroxyl groups is 2. The zero-order valence-electron chi connectivity index (χ0n) is 10.7. The summed E-state index contributed by atoms with van der Waals surface area (Å²) in [6.45, 7) is 0. The van der Waals surface area contributed by atoms with E-state index < -0.39 is 10.0 Å². The van der Waals surface area contributed by atoms with Gasteiger partial charge in [-0.15, -0.1) is 0 Å². The van der Waals surface area contributed by atoms with Gasteiger partial charge in [0.2, 0.25) is 0 Å². The number of hydrogen-bond donors (Lipinski definition) is 3. The molecule has 0 spiro atoms. The highest BCUT2D eigenvalue weighted by molar-refractivity contribution is 7.92. The van der Waals surface area contributed by atoms with Crippen molar-refractivity contribution < 1.29 is 18.6 Å². The number of phenols is 2. The smallest absolute Gasteiger partial charge is 0.264 e. The van der Waals surface area contributed by atoms with Gasteiger partial charge in [0.1, 0.15) is 11.5 Å². The number of nitrogen functional groups attached to an aromatic ring is 1. The van der Waals surface area contributed by atoms with Gasteiger partial charge in [-0.25, -0.2) is 8.42 Å². The van der Waals surface area contributed by atoms with Crippen molar-refractivity contribution in [1.29, 1.82) is 0 Å². The van der Waals surface area contributed by atoms with Crippen LogP contribution < -0.4 is 10.0 Å². The quantitative estimate of drug-likeness (QED) is 0.588. The number of anilines is 2. The van der Waals surface area contributed by atoms with Crippen LogP contribution >= 0.6 is 0 Å². The number of hydrogen-bond acceptors (Lipinski definition) is 5. The molecular weight excluding hydrogens is 280 g/mol. The summed E-state index contributed by atoms with van der Waals surface area (Å²) in [5.41, 5.74) is 5.90. The van der Waals surface area contributed by atoms with Gasteiger partial charge in [-0.1, -0.05) is 0 Å². The van der Waals surface area contributed by atoms with E-state index in [-0.39, 0.29) is 22.1 Å². The summed E-state index contributed by atoms with van der Waals surface area (Å²) in [6, 6.07) is 9.46. The van der Waals surface area contributed by atoms with Crippen molar-refractivity contribution >= 4 is 21.4 Å². The first kappa shape index (κ1) is 14.0. The number of sulfonamides is 1. The molecule has 0 saturated carbocycles. The zero-order valence-corrected chi connectivity index (χ0v) is 11.5. The average molecular weight is 294 g/mol. The van der Waals surface area contributed by atoms with Gasteiger partial charge in [0.15, 0.2) is 0 Å². The van der Waals surface area contributed by atoms with Crippen LogP contribution in [0, 0.1) is 0 Å². The Morgan fingerprint density at radius 3 is 2.20 bits per heavy atom. The molecule has 0 radical (unpaired) electrons. The number of rotatable bonds is 3. The van der Waals surface area contributed by atoms with Crippen LogP contribution in [0.5, 0.6) is 11.5 Å². The molecule has 0 aliphatic rings. The molecule has 20 heavy (non-hydrogen) atoms. The summed E-state index contributed by atoms with van der Waals surface area (Å²) in [4.78, 5) is -0.0247. The molecule has 0 bridgehead atoms. The molecule has 2 rings (SSSR count). The maximum Gasteiger partial charge on any atom is 0.264 e. The second-order valence-corrected chi connectivity index (χ2v) is 6.18. The number of nitrogens with zero attached hydrogens (tertiary/aromatic N) is 1. The third-order valence-corrected chi connectivity index (χ3v) is 4.65. The Bertz CT molecular complexity index is 727. The lowest BCUT2D eigenvalue weighted by molar-refractivity contribution is 0.475. The summed E-state index contributed by atoms with van der Waals surface area (Å²) in [5.74, 6) is -0.121. The highest BCUT2D eigenvalue weighted by atomic mass is 32.2. The summed E-state index contributed by atoms with van der Waals surface area (Å²) < 4.78 is 25.9. The van der Waals surface area contributed by atoms with Crippen LogP contribution in [0.15, 0.2) is 47.4 Å². The molecule has 0 atom stereocenters. The zero-order chi connectivity index (χ0) is 14.9. The molecule has 0 unspecified atom stereocenters. The molecule has 0 aliphatic heterocycles. The fourth-order valence-corrected chi connectivity index (χ4v) is 2.88. The van der Waals surface area contributed by atoms with Gasteiger partial charge >= 0.3 is 0 Å². The van der Waals surface area contributed by atoms with Crippen LogP contribution in [0.3, 0.4) is 0 Å². The summed E-state index contributed by atoms with van der Waals surface area (Å²) in [6.07, 6.45) is 0. The Hall–Kier alpha value is -2.41. The van der Waals surface area contributed by atoms with Crippen molar-refractivity contribution in [3.63, 3.8) is 0 Å². The molecule has 0 fully saturated rings.